The van der Waals surface area contributed by atoms with Crippen LogP contribution in [0.3, 0.4) is 0 Å². The van der Waals surface area contributed by atoms with Gasteiger partial charge in [0, 0.05) is 10.6 Å². The lowest BCUT2D eigenvalue weighted by atomic mass is 10.2. The van der Waals surface area contributed by atoms with E-state index in [1.807, 2.05) is 6.07 Å². The van der Waals surface area contributed by atoms with Gasteiger partial charge in [-0.05, 0) is 23.7 Å². The van der Waals surface area contributed by atoms with E-state index in [1.165, 1.54) is 12.1 Å². The van der Waals surface area contributed by atoms with Crippen LogP contribution in [-0.4, -0.2) is 0 Å². The van der Waals surface area contributed by atoms with Crippen molar-refractivity contribution in [3.8, 4) is 6.07 Å². The highest BCUT2D eigenvalue weighted by atomic mass is 15.1. The normalized spacial score (nSPS) is 8.25. The number of rotatable bonds is 1. The first-order valence-corrected chi connectivity index (χ1v) is 3.12. The molecular weight excluding hydrogens is 154 g/mol. The fourth-order valence-corrected chi connectivity index (χ4v) is 0.748. The number of nitrogen functional groups attached to an aromatic ring is 1. The van der Waals surface area contributed by atoms with Crippen molar-refractivity contribution in [1.82, 2.24) is 0 Å². The highest BCUT2D eigenvalue weighted by molar-refractivity contribution is 5.64. The first-order valence-electron chi connectivity index (χ1n) is 3.12. The molecule has 0 aliphatic heterocycles. The molecule has 0 radical (unpaired) electrons. The van der Waals surface area contributed by atoms with Gasteiger partial charge < -0.3 is 5.73 Å². The van der Waals surface area contributed by atoms with Crippen LogP contribution in [0.2, 0.25) is 0 Å². The number of nitrogens with two attached hydrogens (primary N) is 1. The van der Waals surface area contributed by atoms with Crippen LogP contribution in [-0.2, 0) is 0 Å². The van der Waals surface area contributed by atoms with Crippen molar-refractivity contribution in [2.75, 3.05) is 5.73 Å². The van der Waals surface area contributed by atoms with E-state index in [9.17, 15) is 0 Å². The molecule has 0 saturated carbocycles. The smallest absolute Gasteiger partial charge is 0.0991 e. The fraction of sp³-hybridized carbons (Fsp3) is 0. The molecule has 1 rings (SSSR count). The van der Waals surface area contributed by atoms with E-state index in [1.54, 1.807) is 6.07 Å². The molecule has 0 heterocycles. The lowest BCUT2D eigenvalue weighted by Gasteiger charge is -1.97. The summed E-state index contributed by atoms with van der Waals surface area (Å²) < 4.78 is 0. The topological polar surface area (TPSA) is 98.6 Å². The molecule has 0 atom stereocenters. The minimum absolute atomic E-state index is 0.288. The molecule has 58 valence electrons. The molecule has 0 aliphatic rings. The van der Waals surface area contributed by atoms with Crippen molar-refractivity contribution in [1.29, 1.82) is 5.26 Å². The summed E-state index contributed by atoms with van der Waals surface area (Å²) in [6.45, 7) is 0. The molecule has 0 amide bonds. The standard InChI is InChI=1S/C7H5N5/c8-4-5-1-2-6(9)7(3-5)11-12-10/h1-3H,9H2. The maximum absolute atomic E-state index is 8.50. The summed E-state index contributed by atoms with van der Waals surface area (Å²) in [5.74, 6) is 0. The highest BCUT2D eigenvalue weighted by Gasteiger charge is 1.97. The lowest BCUT2D eigenvalue weighted by molar-refractivity contribution is 1.44. The van der Waals surface area contributed by atoms with Gasteiger partial charge in [0.2, 0.25) is 0 Å². The average molecular weight is 159 g/mol. The molecule has 12 heavy (non-hydrogen) atoms. The molecule has 1 aromatic carbocycles. The molecule has 0 fully saturated rings. The SMILES string of the molecule is N#Cc1ccc(N)c(N=[N+]=[N-])c1. The second kappa shape index (κ2) is 3.28. The summed E-state index contributed by atoms with van der Waals surface area (Å²) in [6.07, 6.45) is 0. The van der Waals surface area contributed by atoms with Crippen LogP contribution in [0.5, 0.6) is 0 Å². The Balaban J connectivity index is 3.28. The monoisotopic (exact) mass is 159 g/mol. The zero-order chi connectivity index (χ0) is 8.97. The summed E-state index contributed by atoms with van der Waals surface area (Å²) in [5, 5.41) is 11.8. The summed E-state index contributed by atoms with van der Waals surface area (Å²) in [4.78, 5) is 2.58. The summed E-state index contributed by atoms with van der Waals surface area (Å²) >= 11 is 0. The Morgan fingerprint density at radius 2 is 2.33 bits per heavy atom. The Morgan fingerprint density at radius 1 is 1.58 bits per heavy atom. The third-order valence-corrected chi connectivity index (χ3v) is 1.31. The average Bonchev–Trinajstić information content (AvgIpc) is 2.09. The van der Waals surface area contributed by atoms with Gasteiger partial charge in [-0.25, -0.2) is 0 Å². The van der Waals surface area contributed by atoms with Crippen LogP contribution >= 0.6 is 0 Å². The van der Waals surface area contributed by atoms with Crippen molar-refractivity contribution in [2.45, 2.75) is 0 Å². The number of anilines is 1. The number of benzene rings is 1. The number of nitrogens with zero attached hydrogens (tertiary/aromatic N) is 4. The van der Waals surface area contributed by atoms with Crippen LogP contribution in [0.15, 0.2) is 23.3 Å². The predicted octanol–water partition coefficient (Wildman–Crippen LogP) is 2.08. The van der Waals surface area contributed by atoms with Crippen LogP contribution in [0, 0.1) is 11.3 Å². The minimum Gasteiger partial charge on any atom is -0.398 e. The van der Waals surface area contributed by atoms with Crippen LogP contribution < -0.4 is 5.73 Å². The van der Waals surface area contributed by atoms with Crippen molar-refractivity contribution in [2.24, 2.45) is 5.11 Å². The highest BCUT2D eigenvalue weighted by Crippen LogP contribution is 2.22. The zero-order valence-electron chi connectivity index (χ0n) is 6.10. The molecule has 5 heteroatoms. The van der Waals surface area contributed by atoms with Gasteiger partial charge in [0.15, 0.2) is 0 Å². The van der Waals surface area contributed by atoms with Crippen molar-refractivity contribution >= 4 is 11.4 Å². The van der Waals surface area contributed by atoms with E-state index in [2.05, 4.69) is 10.0 Å². The Hall–Kier alpha value is -2.18. The van der Waals surface area contributed by atoms with Gasteiger partial charge in [-0.3, -0.25) is 0 Å². The second-order valence-corrected chi connectivity index (χ2v) is 2.07. The maximum Gasteiger partial charge on any atom is 0.0991 e. The first-order chi connectivity index (χ1) is 5.77. The van der Waals surface area contributed by atoms with E-state index < -0.39 is 0 Å². The van der Waals surface area contributed by atoms with E-state index in [-0.39, 0.29) is 5.69 Å². The molecule has 1 aromatic rings. The van der Waals surface area contributed by atoms with E-state index in [0.29, 0.717) is 11.3 Å². The van der Waals surface area contributed by atoms with Gasteiger partial charge in [-0.1, -0.05) is 5.11 Å². The molecular formula is C7H5N5. The van der Waals surface area contributed by atoms with E-state index in [0.717, 1.165) is 0 Å². The minimum atomic E-state index is 0.288. The third-order valence-electron chi connectivity index (χ3n) is 1.31. The lowest BCUT2D eigenvalue weighted by Crippen LogP contribution is -1.85. The predicted molar refractivity (Wildman–Crippen MR) is 44.4 cm³/mol. The molecule has 0 spiro atoms. The van der Waals surface area contributed by atoms with E-state index in [4.69, 9.17) is 16.5 Å². The van der Waals surface area contributed by atoms with Gasteiger partial charge >= 0.3 is 0 Å². The second-order valence-electron chi connectivity index (χ2n) is 2.07. The Kier molecular flexibility index (Phi) is 2.17. The summed E-state index contributed by atoms with van der Waals surface area (Å²) in [5.41, 5.74) is 14.7. The van der Waals surface area contributed by atoms with Gasteiger partial charge in [-0.15, -0.1) is 0 Å². The molecule has 0 bridgehead atoms. The Morgan fingerprint density at radius 3 is 2.92 bits per heavy atom. The summed E-state index contributed by atoms with van der Waals surface area (Å²) in [6, 6.07) is 6.45. The Bertz CT molecular complexity index is 383. The molecule has 0 unspecified atom stereocenters. The quantitative estimate of drug-likeness (QED) is 0.293. The Labute approximate surface area is 68.7 Å². The molecule has 0 aliphatic carbocycles. The molecule has 2 N–H and O–H groups in total. The first kappa shape index (κ1) is 7.92. The van der Waals surface area contributed by atoms with Gasteiger partial charge in [0.25, 0.3) is 0 Å². The number of nitriles is 1. The van der Waals surface area contributed by atoms with Crippen LogP contribution in [0.1, 0.15) is 5.56 Å². The van der Waals surface area contributed by atoms with Gasteiger partial charge in [0.05, 0.1) is 17.3 Å². The third kappa shape index (κ3) is 1.45. The number of azide groups is 1. The molecule has 0 saturated heterocycles. The molecule has 5 nitrogen and oxygen atoms in total. The zero-order valence-corrected chi connectivity index (χ0v) is 6.10. The molecule has 0 aromatic heterocycles. The largest absolute Gasteiger partial charge is 0.398 e. The van der Waals surface area contributed by atoms with Crippen LogP contribution in [0.25, 0.3) is 10.4 Å². The van der Waals surface area contributed by atoms with Crippen LogP contribution in [0.4, 0.5) is 11.4 Å². The fourth-order valence-electron chi connectivity index (χ4n) is 0.748. The van der Waals surface area contributed by atoms with E-state index >= 15 is 0 Å². The van der Waals surface area contributed by atoms with Gasteiger partial charge in [0.1, 0.15) is 0 Å². The van der Waals surface area contributed by atoms with Crippen molar-refractivity contribution < 1.29 is 0 Å². The summed E-state index contributed by atoms with van der Waals surface area (Å²) in [7, 11) is 0. The van der Waals surface area contributed by atoms with Crippen molar-refractivity contribution in [3.05, 3.63) is 34.2 Å². The maximum atomic E-state index is 8.50. The number of hydrogen-bond donors (Lipinski definition) is 1. The number of hydrogen-bond acceptors (Lipinski definition) is 3. The van der Waals surface area contributed by atoms with Crippen molar-refractivity contribution in [3.63, 3.8) is 0 Å². The van der Waals surface area contributed by atoms with Gasteiger partial charge in [-0.2, -0.15) is 5.26 Å².